The van der Waals surface area contributed by atoms with Gasteiger partial charge in [0.2, 0.25) is 11.8 Å². The third-order valence-electron chi connectivity index (χ3n) is 5.59. The fourth-order valence-corrected chi connectivity index (χ4v) is 4.55. The Hall–Kier alpha value is -3.13. The number of amidine groups is 1. The van der Waals surface area contributed by atoms with E-state index < -0.39 is 5.25 Å². The number of amides is 2. The van der Waals surface area contributed by atoms with Crippen LogP contribution in [-0.2, 0) is 20.4 Å². The summed E-state index contributed by atoms with van der Waals surface area (Å²) in [4.78, 5) is 24.7. The maximum Gasteiger partial charge on any atom is 0.240 e. The lowest BCUT2D eigenvalue weighted by molar-refractivity contribution is -0.122. The molecular weight excluding hydrogens is 460 g/mol. The average molecular weight is 495 g/mol. The first kappa shape index (κ1) is 26.5. The maximum absolute atomic E-state index is 12.4. The number of phenolic OH excluding ortho intramolecular Hbond substituents is 1. The predicted molar refractivity (Wildman–Crippen MR) is 144 cm³/mol. The molecule has 2 aromatic carbocycles. The van der Waals surface area contributed by atoms with Crippen molar-refractivity contribution in [2.75, 3.05) is 5.32 Å². The number of nitrogens with zero attached hydrogens (tertiary/aromatic N) is 2. The number of phenols is 1. The first-order valence-corrected chi connectivity index (χ1v) is 12.4. The summed E-state index contributed by atoms with van der Waals surface area (Å²) in [5.41, 5.74) is 3.78. The number of thioether (sulfide) groups is 1. The fourth-order valence-electron chi connectivity index (χ4n) is 3.63. The van der Waals surface area contributed by atoms with Crippen molar-refractivity contribution >= 4 is 40.6 Å². The van der Waals surface area contributed by atoms with Gasteiger partial charge in [-0.25, -0.2) is 0 Å². The van der Waals surface area contributed by atoms with Crippen molar-refractivity contribution < 1.29 is 14.7 Å². The topological polar surface area (TPSA) is 103 Å². The monoisotopic (exact) mass is 494 g/mol. The average Bonchev–Trinajstić information content (AvgIpc) is 3.08. The highest BCUT2D eigenvalue weighted by molar-refractivity contribution is 8.15. The number of hydrogen-bond acceptors (Lipinski definition) is 6. The van der Waals surface area contributed by atoms with E-state index in [0.29, 0.717) is 16.6 Å². The molecule has 1 atom stereocenters. The number of anilines is 1. The Bertz CT molecular complexity index is 1140. The van der Waals surface area contributed by atoms with Gasteiger partial charge in [0, 0.05) is 23.2 Å². The summed E-state index contributed by atoms with van der Waals surface area (Å²) < 4.78 is 0. The van der Waals surface area contributed by atoms with Gasteiger partial charge in [-0.05, 0) is 47.6 Å². The number of rotatable bonds is 5. The molecular formula is C27H34N4O3S. The van der Waals surface area contributed by atoms with Crippen LogP contribution in [0.3, 0.4) is 0 Å². The molecule has 1 aliphatic rings. The van der Waals surface area contributed by atoms with E-state index in [1.165, 1.54) is 11.8 Å². The van der Waals surface area contributed by atoms with Crippen molar-refractivity contribution in [1.29, 1.82) is 0 Å². The highest BCUT2D eigenvalue weighted by Crippen LogP contribution is 2.39. The molecule has 8 heteroatoms. The zero-order valence-corrected chi connectivity index (χ0v) is 22.2. The van der Waals surface area contributed by atoms with Crippen molar-refractivity contribution in [1.82, 2.24) is 5.32 Å². The van der Waals surface area contributed by atoms with Crippen LogP contribution in [0.4, 0.5) is 5.69 Å². The van der Waals surface area contributed by atoms with Gasteiger partial charge in [-0.15, -0.1) is 5.10 Å². The van der Waals surface area contributed by atoms with Gasteiger partial charge in [0.05, 0.1) is 6.21 Å². The number of nitrogens with one attached hydrogen (secondary N) is 2. The van der Waals surface area contributed by atoms with Crippen molar-refractivity contribution in [2.45, 2.75) is 71.0 Å². The van der Waals surface area contributed by atoms with Gasteiger partial charge in [0.25, 0.3) is 0 Å². The van der Waals surface area contributed by atoms with Crippen molar-refractivity contribution in [3.8, 4) is 5.75 Å². The Morgan fingerprint density at radius 3 is 2.20 bits per heavy atom. The lowest BCUT2D eigenvalue weighted by atomic mass is 9.78. The van der Waals surface area contributed by atoms with E-state index in [0.717, 1.165) is 22.3 Å². The van der Waals surface area contributed by atoms with Crippen LogP contribution in [-0.4, -0.2) is 33.6 Å². The van der Waals surface area contributed by atoms with E-state index in [9.17, 15) is 14.7 Å². The minimum atomic E-state index is -0.567. The van der Waals surface area contributed by atoms with Crippen LogP contribution in [0.25, 0.3) is 0 Å². The van der Waals surface area contributed by atoms with Gasteiger partial charge < -0.3 is 15.7 Å². The van der Waals surface area contributed by atoms with Crippen molar-refractivity contribution in [3.63, 3.8) is 0 Å². The van der Waals surface area contributed by atoms with E-state index in [2.05, 4.69) is 62.4 Å². The van der Waals surface area contributed by atoms with Gasteiger partial charge in [-0.3, -0.25) is 9.59 Å². The highest BCUT2D eigenvalue weighted by atomic mass is 32.2. The van der Waals surface area contributed by atoms with E-state index in [1.807, 2.05) is 43.3 Å². The Balaban J connectivity index is 1.70. The van der Waals surface area contributed by atoms with Gasteiger partial charge in [0.1, 0.15) is 11.0 Å². The third-order valence-corrected chi connectivity index (χ3v) is 6.66. The molecule has 0 radical (unpaired) electrons. The lowest BCUT2D eigenvalue weighted by Gasteiger charge is -2.27. The number of aromatic hydroxyl groups is 1. The molecule has 1 fully saturated rings. The van der Waals surface area contributed by atoms with E-state index in [4.69, 9.17) is 0 Å². The first-order chi connectivity index (χ1) is 16.2. The van der Waals surface area contributed by atoms with Crippen LogP contribution >= 0.6 is 11.8 Å². The van der Waals surface area contributed by atoms with E-state index in [-0.39, 0.29) is 29.1 Å². The molecule has 1 saturated heterocycles. The third kappa shape index (κ3) is 6.94. The molecule has 1 heterocycles. The molecule has 0 spiro atoms. The molecule has 186 valence electrons. The number of carbonyl (C=O) groups excluding carboxylic acids is 2. The van der Waals surface area contributed by atoms with Crippen LogP contribution in [0, 0.1) is 6.92 Å². The maximum atomic E-state index is 12.4. The molecule has 0 aliphatic carbocycles. The Labute approximate surface area is 211 Å². The second-order valence-corrected chi connectivity index (χ2v) is 12.0. The van der Waals surface area contributed by atoms with Gasteiger partial charge in [0.15, 0.2) is 5.17 Å². The smallest absolute Gasteiger partial charge is 0.240 e. The molecule has 2 aromatic rings. The molecule has 0 aromatic heterocycles. The van der Waals surface area contributed by atoms with Crippen molar-refractivity contribution in [3.05, 3.63) is 58.7 Å². The molecule has 0 bridgehead atoms. The van der Waals surface area contributed by atoms with Gasteiger partial charge in [-0.1, -0.05) is 71.0 Å². The van der Waals surface area contributed by atoms with Crippen LogP contribution < -0.4 is 10.6 Å². The Morgan fingerprint density at radius 1 is 1.09 bits per heavy atom. The molecule has 2 amide bonds. The molecule has 35 heavy (non-hydrogen) atoms. The minimum Gasteiger partial charge on any atom is -0.507 e. The molecule has 0 saturated carbocycles. The number of benzene rings is 2. The van der Waals surface area contributed by atoms with Crippen LogP contribution in [0.15, 0.2) is 46.6 Å². The zero-order valence-electron chi connectivity index (χ0n) is 21.4. The highest BCUT2D eigenvalue weighted by Gasteiger charge is 2.32. The quantitative estimate of drug-likeness (QED) is 0.390. The fraction of sp³-hybridized carbons (Fsp3) is 0.407. The van der Waals surface area contributed by atoms with Crippen LogP contribution in [0.5, 0.6) is 5.75 Å². The van der Waals surface area contributed by atoms with Crippen LogP contribution in [0.2, 0.25) is 0 Å². The molecule has 3 N–H and O–H groups in total. The van der Waals surface area contributed by atoms with E-state index >= 15 is 0 Å². The molecule has 7 nitrogen and oxygen atoms in total. The summed E-state index contributed by atoms with van der Waals surface area (Å²) in [6.45, 7) is 14.3. The molecule has 3 rings (SSSR count). The van der Waals surface area contributed by atoms with Gasteiger partial charge in [-0.2, -0.15) is 5.10 Å². The largest absolute Gasteiger partial charge is 0.507 e. The zero-order chi connectivity index (χ0) is 26.0. The number of hydrogen-bond donors (Lipinski definition) is 3. The SMILES string of the molecule is Cc1ccc(NC(=O)C[C@@H]2S/C(=N\N=C\c3cc(C(C)(C)C)c(O)c(C(C)(C)C)c3)NC2=O)cc1. The molecule has 0 unspecified atom stereocenters. The second-order valence-electron chi connectivity index (χ2n) is 10.8. The summed E-state index contributed by atoms with van der Waals surface area (Å²) in [6, 6.07) is 11.3. The standard InChI is InChI=1S/C27H34N4O3S/c1-16-8-10-18(11-9-16)29-22(32)14-21-24(34)30-25(35-21)31-28-15-17-12-19(26(2,3)4)23(33)20(13-17)27(5,6)7/h8-13,15,21,33H,14H2,1-7H3,(H,29,32)(H,30,31,34)/b28-15+/t21-/m0/s1. The summed E-state index contributed by atoms with van der Waals surface area (Å²) in [6.07, 6.45) is 1.65. The summed E-state index contributed by atoms with van der Waals surface area (Å²) in [7, 11) is 0. The van der Waals surface area contributed by atoms with Gasteiger partial charge >= 0.3 is 0 Å². The Morgan fingerprint density at radius 2 is 1.66 bits per heavy atom. The van der Waals surface area contributed by atoms with Crippen LogP contribution in [0.1, 0.15) is 70.2 Å². The molecule has 1 aliphatic heterocycles. The second kappa shape index (κ2) is 10.2. The lowest BCUT2D eigenvalue weighted by Crippen LogP contribution is -2.28. The van der Waals surface area contributed by atoms with E-state index in [1.54, 1.807) is 6.21 Å². The summed E-state index contributed by atoms with van der Waals surface area (Å²) in [5, 5.41) is 24.5. The summed E-state index contributed by atoms with van der Waals surface area (Å²) in [5.74, 6) is -0.198. The number of carbonyl (C=O) groups is 2. The Kier molecular flexibility index (Phi) is 7.74. The predicted octanol–water partition coefficient (Wildman–Crippen LogP) is 5.25. The van der Waals surface area contributed by atoms with Crippen molar-refractivity contribution in [2.24, 2.45) is 10.2 Å². The number of aryl methyl sites for hydroxylation is 1. The normalized spacial score (nSPS) is 17.7. The first-order valence-electron chi connectivity index (χ1n) is 11.6. The summed E-state index contributed by atoms with van der Waals surface area (Å²) >= 11 is 1.19. The minimum absolute atomic E-state index is 0.0367.